The Bertz CT molecular complexity index is 295. The predicted octanol–water partition coefficient (Wildman–Crippen LogP) is 1.83. The van der Waals surface area contributed by atoms with E-state index in [0.717, 1.165) is 12.2 Å². The molecule has 1 rings (SSSR count). The average molecular weight is 216 g/mol. The van der Waals surface area contributed by atoms with Crippen LogP contribution < -0.4 is 10.1 Å². The van der Waals surface area contributed by atoms with Crippen LogP contribution in [0, 0.1) is 0 Å². The highest BCUT2D eigenvalue weighted by atomic mass is 19.3. The van der Waals surface area contributed by atoms with E-state index >= 15 is 0 Å². The quantitative estimate of drug-likeness (QED) is 0.787. The minimum atomic E-state index is -2.47. The smallest absolute Gasteiger partial charge is 0.272 e. The van der Waals surface area contributed by atoms with Crippen LogP contribution in [0.15, 0.2) is 18.2 Å². The Morgan fingerprint density at radius 1 is 1.47 bits per heavy atom. The fourth-order valence-electron chi connectivity index (χ4n) is 1.04. The Morgan fingerprint density at radius 3 is 2.93 bits per heavy atom. The number of halogens is 2. The zero-order valence-corrected chi connectivity index (χ0v) is 8.54. The highest BCUT2D eigenvalue weighted by Crippen LogP contribution is 2.08. The first-order chi connectivity index (χ1) is 7.22. The van der Waals surface area contributed by atoms with Gasteiger partial charge in [-0.05, 0) is 12.6 Å². The Morgan fingerprint density at radius 2 is 2.27 bits per heavy atom. The summed E-state index contributed by atoms with van der Waals surface area (Å²) in [7, 11) is 0. The molecule has 0 unspecified atom stereocenters. The summed E-state index contributed by atoms with van der Waals surface area (Å²) in [5.74, 6) is 0.241. The molecule has 0 aliphatic heterocycles. The maximum absolute atomic E-state index is 11.9. The van der Waals surface area contributed by atoms with E-state index in [1.807, 2.05) is 13.0 Å². The molecule has 0 aromatic carbocycles. The molecule has 0 aliphatic carbocycles. The molecule has 1 aromatic rings. The second kappa shape index (κ2) is 6.29. The van der Waals surface area contributed by atoms with E-state index in [0.29, 0.717) is 6.54 Å². The van der Waals surface area contributed by atoms with Gasteiger partial charge in [0.1, 0.15) is 0 Å². The molecule has 0 bridgehead atoms. The highest BCUT2D eigenvalue weighted by molar-refractivity contribution is 5.15. The number of rotatable bonds is 6. The molecule has 15 heavy (non-hydrogen) atoms. The van der Waals surface area contributed by atoms with Crippen LogP contribution in [0.3, 0.4) is 0 Å². The van der Waals surface area contributed by atoms with Crippen LogP contribution in [-0.2, 0) is 6.54 Å². The highest BCUT2D eigenvalue weighted by Gasteiger charge is 2.04. The number of nitrogens with zero attached hydrogens (tertiary/aromatic N) is 1. The maximum Gasteiger partial charge on any atom is 0.272 e. The van der Waals surface area contributed by atoms with Crippen LogP contribution in [0.2, 0.25) is 0 Å². The van der Waals surface area contributed by atoms with Crippen LogP contribution in [0.1, 0.15) is 12.6 Å². The van der Waals surface area contributed by atoms with Gasteiger partial charge in [-0.25, -0.2) is 13.8 Å². The molecule has 0 saturated heterocycles. The van der Waals surface area contributed by atoms with Crippen molar-refractivity contribution in [1.82, 2.24) is 10.3 Å². The van der Waals surface area contributed by atoms with Crippen molar-refractivity contribution in [2.45, 2.75) is 19.9 Å². The van der Waals surface area contributed by atoms with E-state index in [9.17, 15) is 8.78 Å². The monoisotopic (exact) mass is 216 g/mol. The lowest BCUT2D eigenvalue weighted by molar-refractivity contribution is 0.0795. The molecule has 5 heteroatoms. The minimum Gasteiger partial charge on any atom is -0.472 e. The van der Waals surface area contributed by atoms with Crippen LogP contribution in [0.5, 0.6) is 5.88 Å². The zero-order chi connectivity index (χ0) is 11.1. The lowest BCUT2D eigenvalue weighted by Gasteiger charge is -2.06. The fraction of sp³-hybridized carbons (Fsp3) is 0.500. The minimum absolute atomic E-state index is 0.241. The summed E-state index contributed by atoms with van der Waals surface area (Å²) in [5.41, 5.74) is 0.781. The first-order valence-electron chi connectivity index (χ1n) is 4.80. The number of nitrogens with one attached hydrogen (secondary N) is 1. The van der Waals surface area contributed by atoms with Crippen LogP contribution >= 0.6 is 0 Å². The molecule has 0 spiro atoms. The van der Waals surface area contributed by atoms with Crippen molar-refractivity contribution in [2.24, 2.45) is 0 Å². The van der Waals surface area contributed by atoms with E-state index in [2.05, 4.69) is 10.3 Å². The lowest BCUT2D eigenvalue weighted by atomic mass is 10.3. The van der Waals surface area contributed by atoms with E-state index < -0.39 is 13.0 Å². The Hall–Kier alpha value is -1.23. The van der Waals surface area contributed by atoms with Gasteiger partial charge in [-0.3, -0.25) is 0 Å². The average Bonchev–Trinajstić information content (AvgIpc) is 2.24. The van der Waals surface area contributed by atoms with Gasteiger partial charge in [-0.15, -0.1) is 0 Å². The van der Waals surface area contributed by atoms with Crippen molar-refractivity contribution >= 4 is 0 Å². The molecule has 0 fully saturated rings. The van der Waals surface area contributed by atoms with Gasteiger partial charge >= 0.3 is 0 Å². The summed E-state index contributed by atoms with van der Waals surface area (Å²) in [6.45, 7) is 2.82. The van der Waals surface area contributed by atoms with E-state index in [4.69, 9.17) is 4.74 Å². The number of ether oxygens (including phenoxy) is 1. The third-order valence-electron chi connectivity index (χ3n) is 1.69. The van der Waals surface area contributed by atoms with Gasteiger partial charge in [0.05, 0.1) is 5.69 Å². The third-order valence-corrected chi connectivity index (χ3v) is 1.69. The molecule has 0 amide bonds. The van der Waals surface area contributed by atoms with Crippen molar-refractivity contribution < 1.29 is 13.5 Å². The topological polar surface area (TPSA) is 34.1 Å². The molecule has 0 saturated carbocycles. The second-order valence-electron chi connectivity index (χ2n) is 2.95. The van der Waals surface area contributed by atoms with Gasteiger partial charge in [0.15, 0.2) is 6.61 Å². The molecule has 0 aliphatic rings. The molecule has 84 valence electrons. The van der Waals surface area contributed by atoms with Gasteiger partial charge < -0.3 is 10.1 Å². The number of alkyl halides is 2. The Balaban J connectivity index is 2.50. The van der Waals surface area contributed by atoms with E-state index in [1.165, 1.54) is 0 Å². The molecule has 0 atom stereocenters. The second-order valence-corrected chi connectivity index (χ2v) is 2.95. The molecule has 3 nitrogen and oxygen atoms in total. The predicted molar refractivity (Wildman–Crippen MR) is 53.1 cm³/mol. The summed E-state index contributed by atoms with van der Waals surface area (Å²) < 4.78 is 28.5. The standard InChI is InChI=1S/C10H14F2N2O/c1-2-13-6-8-4-3-5-10(14-8)15-7-9(11)12/h3-5,9,13H,2,6-7H2,1H3. The largest absolute Gasteiger partial charge is 0.472 e. The number of hydrogen-bond acceptors (Lipinski definition) is 3. The Labute approximate surface area is 87.5 Å². The van der Waals surface area contributed by atoms with Crippen molar-refractivity contribution in [3.05, 3.63) is 23.9 Å². The molecular weight excluding hydrogens is 202 g/mol. The summed E-state index contributed by atoms with van der Waals surface area (Å²) in [6.07, 6.45) is -2.47. The third kappa shape index (κ3) is 4.69. The van der Waals surface area contributed by atoms with Crippen molar-refractivity contribution in [3.8, 4) is 5.88 Å². The number of aromatic nitrogens is 1. The normalized spacial score (nSPS) is 10.7. The number of hydrogen-bond donors (Lipinski definition) is 1. The van der Waals surface area contributed by atoms with Gasteiger partial charge in [-0.1, -0.05) is 13.0 Å². The van der Waals surface area contributed by atoms with Crippen molar-refractivity contribution in [3.63, 3.8) is 0 Å². The molecule has 0 radical (unpaired) electrons. The van der Waals surface area contributed by atoms with Gasteiger partial charge in [0.25, 0.3) is 6.43 Å². The first-order valence-corrected chi connectivity index (χ1v) is 4.80. The van der Waals surface area contributed by atoms with Crippen LogP contribution in [-0.4, -0.2) is 24.6 Å². The van der Waals surface area contributed by atoms with Gasteiger partial charge in [0.2, 0.25) is 5.88 Å². The lowest BCUT2D eigenvalue weighted by Crippen LogP contribution is -2.14. The van der Waals surface area contributed by atoms with Crippen molar-refractivity contribution in [2.75, 3.05) is 13.2 Å². The summed E-state index contributed by atoms with van der Waals surface area (Å²) in [4.78, 5) is 4.06. The summed E-state index contributed by atoms with van der Waals surface area (Å²) >= 11 is 0. The summed E-state index contributed by atoms with van der Waals surface area (Å²) in [5, 5.41) is 3.09. The molecule has 1 aromatic heterocycles. The van der Waals surface area contributed by atoms with Crippen LogP contribution in [0.25, 0.3) is 0 Å². The maximum atomic E-state index is 11.9. The first kappa shape index (κ1) is 11.8. The van der Waals surface area contributed by atoms with Crippen molar-refractivity contribution in [1.29, 1.82) is 0 Å². The number of pyridine rings is 1. The SMILES string of the molecule is CCNCc1cccc(OCC(F)F)n1. The fourth-order valence-corrected chi connectivity index (χ4v) is 1.04. The molecule has 1 N–H and O–H groups in total. The zero-order valence-electron chi connectivity index (χ0n) is 8.54. The van der Waals surface area contributed by atoms with Gasteiger partial charge in [0, 0.05) is 12.6 Å². The molecular formula is C10H14F2N2O. The van der Waals surface area contributed by atoms with E-state index in [1.54, 1.807) is 12.1 Å². The Kier molecular flexibility index (Phi) is 4.97. The van der Waals surface area contributed by atoms with E-state index in [-0.39, 0.29) is 5.88 Å². The summed E-state index contributed by atoms with van der Waals surface area (Å²) in [6, 6.07) is 5.12. The van der Waals surface area contributed by atoms with Gasteiger partial charge in [-0.2, -0.15) is 0 Å². The van der Waals surface area contributed by atoms with Crippen LogP contribution in [0.4, 0.5) is 8.78 Å². The molecule has 1 heterocycles.